The van der Waals surface area contributed by atoms with Crippen LogP contribution in [0.15, 0.2) is 36.4 Å². The summed E-state index contributed by atoms with van der Waals surface area (Å²) in [5.74, 6) is -1.52. The second-order valence-corrected chi connectivity index (χ2v) is 4.28. The average Bonchev–Trinajstić information content (AvgIpc) is 2.45. The molecule has 108 valence electrons. The van der Waals surface area contributed by atoms with Crippen LogP contribution < -0.4 is 5.32 Å². The first-order valence-corrected chi connectivity index (χ1v) is 6.18. The molecule has 0 saturated carbocycles. The highest BCUT2D eigenvalue weighted by molar-refractivity contribution is 6.29. The van der Waals surface area contributed by atoms with Gasteiger partial charge in [0.15, 0.2) is 5.69 Å². The summed E-state index contributed by atoms with van der Waals surface area (Å²) >= 11 is 5.64. The molecule has 1 aromatic heterocycles. The molecule has 2 aromatic rings. The highest BCUT2D eigenvalue weighted by Gasteiger charge is 2.12. The van der Waals surface area contributed by atoms with Crippen LogP contribution in [-0.2, 0) is 11.3 Å². The molecule has 0 fully saturated rings. The van der Waals surface area contributed by atoms with Gasteiger partial charge in [-0.25, -0.2) is 19.6 Å². The van der Waals surface area contributed by atoms with Crippen molar-refractivity contribution in [1.29, 1.82) is 0 Å². The number of carboxylic acid groups (broad SMARTS) is 1. The number of carbonyl (C=O) groups is 2. The molecule has 0 bridgehead atoms. The van der Waals surface area contributed by atoms with E-state index < -0.39 is 12.1 Å². The number of rotatable bonds is 4. The Morgan fingerprint density at radius 2 is 1.95 bits per heavy atom. The van der Waals surface area contributed by atoms with Gasteiger partial charge in [0.05, 0.1) is 0 Å². The summed E-state index contributed by atoms with van der Waals surface area (Å²) in [4.78, 5) is 29.7. The van der Waals surface area contributed by atoms with Crippen LogP contribution >= 0.6 is 11.6 Å². The van der Waals surface area contributed by atoms with Gasteiger partial charge in [-0.05, 0) is 5.56 Å². The first-order chi connectivity index (χ1) is 10.0. The van der Waals surface area contributed by atoms with Gasteiger partial charge in [0.2, 0.25) is 5.95 Å². The topological polar surface area (TPSA) is 101 Å². The molecule has 2 rings (SSSR count). The maximum atomic E-state index is 11.6. The zero-order chi connectivity index (χ0) is 15.2. The van der Waals surface area contributed by atoms with E-state index in [1.54, 1.807) is 12.1 Å². The lowest BCUT2D eigenvalue weighted by Crippen LogP contribution is -2.16. The predicted molar refractivity (Wildman–Crippen MR) is 74.3 cm³/mol. The van der Waals surface area contributed by atoms with E-state index in [2.05, 4.69) is 15.3 Å². The largest absolute Gasteiger partial charge is 0.477 e. The summed E-state index contributed by atoms with van der Waals surface area (Å²) in [5, 5.41) is 10.9. The number of anilines is 1. The van der Waals surface area contributed by atoms with Gasteiger partial charge in [-0.15, -0.1) is 0 Å². The van der Waals surface area contributed by atoms with Crippen LogP contribution in [0.5, 0.6) is 0 Å². The van der Waals surface area contributed by atoms with E-state index in [-0.39, 0.29) is 23.4 Å². The Kier molecular flexibility index (Phi) is 4.68. The quantitative estimate of drug-likeness (QED) is 0.842. The van der Waals surface area contributed by atoms with E-state index >= 15 is 0 Å². The Labute approximate surface area is 124 Å². The minimum absolute atomic E-state index is 0.0685. The van der Waals surface area contributed by atoms with E-state index in [1.165, 1.54) is 0 Å². The van der Waals surface area contributed by atoms with Crippen LogP contribution in [0.4, 0.5) is 10.7 Å². The summed E-state index contributed by atoms with van der Waals surface area (Å²) in [5.41, 5.74) is 0.485. The fourth-order valence-corrected chi connectivity index (χ4v) is 1.62. The van der Waals surface area contributed by atoms with Gasteiger partial charge in [0.25, 0.3) is 0 Å². The number of halogens is 1. The van der Waals surface area contributed by atoms with Crippen LogP contribution in [0, 0.1) is 0 Å². The highest BCUT2D eigenvalue weighted by atomic mass is 35.5. The number of ether oxygens (including phenoxy) is 1. The van der Waals surface area contributed by atoms with Crippen molar-refractivity contribution < 1.29 is 19.4 Å². The third-order valence-electron chi connectivity index (χ3n) is 2.34. The van der Waals surface area contributed by atoms with Crippen molar-refractivity contribution in [3.63, 3.8) is 0 Å². The number of aromatic nitrogens is 2. The molecular formula is C13H10ClN3O4. The van der Waals surface area contributed by atoms with E-state index in [1.807, 2.05) is 18.2 Å². The zero-order valence-electron chi connectivity index (χ0n) is 10.6. The number of hydrogen-bond acceptors (Lipinski definition) is 5. The molecule has 8 heteroatoms. The highest BCUT2D eigenvalue weighted by Crippen LogP contribution is 2.11. The molecule has 1 heterocycles. The first kappa shape index (κ1) is 14.7. The molecule has 1 aromatic carbocycles. The minimum Gasteiger partial charge on any atom is -0.477 e. The summed E-state index contributed by atoms with van der Waals surface area (Å²) in [6.07, 6.45) is -0.808. The van der Waals surface area contributed by atoms with Crippen LogP contribution in [0.25, 0.3) is 0 Å². The van der Waals surface area contributed by atoms with E-state index in [0.29, 0.717) is 0 Å². The molecule has 0 aliphatic rings. The van der Waals surface area contributed by atoms with Gasteiger partial charge in [-0.1, -0.05) is 41.9 Å². The van der Waals surface area contributed by atoms with Gasteiger partial charge < -0.3 is 9.84 Å². The fourth-order valence-electron chi connectivity index (χ4n) is 1.43. The second-order valence-electron chi connectivity index (χ2n) is 3.89. The maximum Gasteiger partial charge on any atom is 0.414 e. The molecule has 0 saturated heterocycles. The van der Waals surface area contributed by atoms with Gasteiger partial charge >= 0.3 is 12.1 Å². The Balaban J connectivity index is 1.98. The Bertz CT molecular complexity index is 664. The van der Waals surface area contributed by atoms with Crippen LogP contribution in [0.2, 0.25) is 5.15 Å². The monoisotopic (exact) mass is 307 g/mol. The number of hydrogen-bond donors (Lipinski definition) is 2. The molecule has 7 nitrogen and oxygen atoms in total. The summed E-state index contributed by atoms with van der Waals surface area (Å²) in [7, 11) is 0. The molecule has 21 heavy (non-hydrogen) atoms. The SMILES string of the molecule is O=C(Nc1nc(Cl)cc(C(=O)O)n1)OCc1ccccc1. The average molecular weight is 308 g/mol. The van der Waals surface area contributed by atoms with Gasteiger partial charge in [0, 0.05) is 6.07 Å². The molecule has 0 radical (unpaired) electrons. The lowest BCUT2D eigenvalue weighted by atomic mass is 10.2. The number of nitrogens with zero attached hydrogens (tertiary/aromatic N) is 2. The molecule has 2 N–H and O–H groups in total. The zero-order valence-corrected chi connectivity index (χ0v) is 11.4. The van der Waals surface area contributed by atoms with Crippen molar-refractivity contribution in [2.75, 3.05) is 5.32 Å². The lowest BCUT2D eigenvalue weighted by molar-refractivity contribution is 0.0690. The predicted octanol–water partition coefficient (Wildman–Crippen LogP) is 2.58. The van der Waals surface area contributed by atoms with Crippen molar-refractivity contribution in [3.05, 3.63) is 52.8 Å². The van der Waals surface area contributed by atoms with Gasteiger partial charge in [0.1, 0.15) is 11.8 Å². The number of carbonyl (C=O) groups excluding carboxylic acids is 1. The van der Waals surface area contributed by atoms with Crippen molar-refractivity contribution in [1.82, 2.24) is 9.97 Å². The molecular weight excluding hydrogens is 298 g/mol. The number of amides is 1. The summed E-state index contributed by atoms with van der Waals surface area (Å²) in [6.45, 7) is 0.0685. The standard InChI is InChI=1S/C13H10ClN3O4/c14-10-6-9(11(18)19)15-12(16-10)17-13(20)21-7-8-4-2-1-3-5-8/h1-6H,7H2,(H,18,19)(H,15,16,17,20). The Morgan fingerprint density at radius 1 is 1.24 bits per heavy atom. The Hall–Kier alpha value is -2.67. The van der Waals surface area contributed by atoms with Crippen molar-refractivity contribution in [2.24, 2.45) is 0 Å². The number of benzene rings is 1. The molecule has 0 aliphatic heterocycles. The van der Waals surface area contributed by atoms with Crippen LogP contribution in [0.1, 0.15) is 16.1 Å². The third-order valence-corrected chi connectivity index (χ3v) is 2.53. The summed E-state index contributed by atoms with van der Waals surface area (Å²) < 4.78 is 4.95. The number of nitrogens with one attached hydrogen (secondary N) is 1. The molecule has 0 aliphatic carbocycles. The first-order valence-electron chi connectivity index (χ1n) is 5.80. The number of aromatic carboxylic acids is 1. The van der Waals surface area contributed by atoms with E-state index in [0.717, 1.165) is 11.6 Å². The molecule has 0 spiro atoms. The maximum absolute atomic E-state index is 11.6. The third kappa shape index (κ3) is 4.43. The lowest BCUT2D eigenvalue weighted by Gasteiger charge is -2.06. The second kappa shape index (κ2) is 6.67. The minimum atomic E-state index is -1.28. The molecule has 0 atom stereocenters. The summed E-state index contributed by atoms with van der Waals surface area (Å²) in [6, 6.07) is 10.1. The van der Waals surface area contributed by atoms with Crippen molar-refractivity contribution in [2.45, 2.75) is 6.61 Å². The molecule has 0 unspecified atom stereocenters. The Morgan fingerprint density at radius 3 is 2.62 bits per heavy atom. The van der Waals surface area contributed by atoms with Crippen molar-refractivity contribution in [3.8, 4) is 0 Å². The fraction of sp³-hybridized carbons (Fsp3) is 0.0769. The van der Waals surface area contributed by atoms with E-state index in [4.69, 9.17) is 21.4 Å². The van der Waals surface area contributed by atoms with Crippen molar-refractivity contribution >= 4 is 29.6 Å². The van der Waals surface area contributed by atoms with Crippen LogP contribution in [-0.4, -0.2) is 27.1 Å². The van der Waals surface area contributed by atoms with Crippen LogP contribution in [0.3, 0.4) is 0 Å². The smallest absolute Gasteiger partial charge is 0.414 e. The number of carboxylic acids is 1. The van der Waals surface area contributed by atoms with Gasteiger partial charge in [-0.2, -0.15) is 0 Å². The normalized spacial score (nSPS) is 9.95. The molecule has 1 amide bonds. The van der Waals surface area contributed by atoms with E-state index in [9.17, 15) is 9.59 Å². The van der Waals surface area contributed by atoms with Gasteiger partial charge in [-0.3, -0.25) is 5.32 Å².